The fourth-order valence-corrected chi connectivity index (χ4v) is 2.23. The summed E-state index contributed by atoms with van der Waals surface area (Å²) in [6.45, 7) is 6.53. The van der Waals surface area contributed by atoms with E-state index in [9.17, 15) is 0 Å². The van der Waals surface area contributed by atoms with Gasteiger partial charge in [-0.25, -0.2) is 4.98 Å². The van der Waals surface area contributed by atoms with E-state index in [1.165, 1.54) is 37.9 Å². The second-order valence-corrected chi connectivity index (χ2v) is 4.54. The Balaban J connectivity index is 1.84. The van der Waals surface area contributed by atoms with Crippen LogP contribution < -0.4 is 5.32 Å². The van der Waals surface area contributed by atoms with Crippen LogP contribution in [0.1, 0.15) is 37.1 Å². The van der Waals surface area contributed by atoms with E-state index in [0.29, 0.717) is 0 Å². The van der Waals surface area contributed by atoms with Crippen LogP contribution in [0.3, 0.4) is 0 Å². The second kappa shape index (κ2) is 4.79. The Bertz CT molecular complexity index is 311. The zero-order chi connectivity index (χ0) is 10.7. The molecule has 2 heterocycles. The highest BCUT2D eigenvalue weighted by atomic mass is 15.1. The Morgan fingerprint density at radius 2 is 2.33 bits per heavy atom. The number of aryl methyl sites for hydroxylation is 2. The van der Waals surface area contributed by atoms with Crippen molar-refractivity contribution >= 4 is 0 Å². The first kappa shape index (κ1) is 10.7. The van der Waals surface area contributed by atoms with Crippen LogP contribution in [0.25, 0.3) is 0 Å². The third-order valence-electron chi connectivity index (χ3n) is 3.48. The molecule has 0 aromatic carbocycles. The topological polar surface area (TPSA) is 29.9 Å². The van der Waals surface area contributed by atoms with Crippen LogP contribution in [0.5, 0.6) is 0 Å². The fraction of sp³-hybridized carbons (Fsp3) is 0.750. The number of piperidine rings is 1. The van der Waals surface area contributed by atoms with Gasteiger partial charge in [0.2, 0.25) is 0 Å². The number of hydrogen-bond donors (Lipinski definition) is 1. The minimum absolute atomic E-state index is 0.723. The smallest absolute Gasteiger partial charge is 0.0951 e. The molecule has 1 saturated heterocycles. The molecule has 0 spiro atoms. The molecular weight excluding hydrogens is 186 g/mol. The van der Waals surface area contributed by atoms with Crippen LogP contribution in [-0.4, -0.2) is 22.1 Å². The highest BCUT2D eigenvalue weighted by Gasteiger charge is 2.12. The van der Waals surface area contributed by atoms with E-state index in [2.05, 4.69) is 28.7 Å². The van der Waals surface area contributed by atoms with Crippen molar-refractivity contribution in [3.63, 3.8) is 0 Å². The molecule has 0 bridgehead atoms. The highest BCUT2D eigenvalue weighted by Crippen LogP contribution is 2.12. The van der Waals surface area contributed by atoms with Crippen molar-refractivity contribution < 1.29 is 0 Å². The Hall–Kier alpha value is -0.830. The Morgan fingerprint density at radius 1 is 1.47 bits per heavy atom. The summed E-state index contributed by atoms with van der Waals surface area (Å²) in [6, 6.07) is 0.723. The number of imidazole rings is 1. The van der Waals surface area contributed by atoms with E-state index >= 15 is 0 Å². The molecule has 1 atom stereocenters. The maximum atomic E-state index is 4.32. The lowest BCUT2D eigenvalue weighted by molar-refractivity contribution is 0.365. The molecule has 0 saturated carbocycles. The zero-order valence-electron chi connectivity index (χ0n) is 9.79. The molecule has 0 amide bonds. The van der Waals surface area contributed by atoms with Crippen LogP contribution >= 0.6 is 0 Å². The number of rotatable bonds is 3. The van der Waals surface area contributed by atoms with E-state index < -0.39 is 0 Å². The summed E-state index contributed by atoms with van der Waals surface area (Å²) in [5.74, 6) is 0. The van der Waals surface area contributed by atoms with Crippen molar-refractivity contribution in [3.05, 3.63) is 17.7 Å². The van der Waals surface area contributed by atoms with Crippen molar-refractivity contribution in [1.82, 2.24) is 14.9 Å². The van der Waals surface area contributed by atoms with Crippen LogP contribution in [0.2, 0.25) is 0 Å². The Morgan fingerprint density at radius 3 is 2.93 bits per heavy atom. The van der Waals surface area contributed by atoms with Crippen molar-refractivity contribution in [2.24, 2.45) is 0 Å². The molecule has 1 aliphatic rings. The van der Waals surface area contributed by atoms with E-state index in [0.717, 1.165) is 18.3 Å². The third kappa shape index (κ3) is 2.59. The van der Waals surface area contributed by atoms with Gasteiger partial charge in [0, 0.05) is 18.3 Å². The van der Waals surface area contributed by atoms with E-state index in [1.807, 2.05) is 6.33 Å². The molecule has 2 rings (SSSR count). The molecule has 15 heavy (non-hydrogen) atoms. The number of nitrogens with one attached hydrogen (secondary N) is 1. The molecular formula is C12H21N3. The van der Waals surface area contributed by atoms with Gasteiger partial charge in [-0.15, -0.1) is 0 Å². The lowest BCUT2D eigenvalue weighted by Gasteiger charge is -2.23. The molecule has 84 valence electrons. The quantitative estimate of drug-likeness (QED) is 0.822. The summed E-state index contributed by atoms with van der Waals surface area (Å²) >= 11 is 0. The van der Waals surface area contributed by atoms with Gasteiger partial charge in [0.25, 0.3) is 0 Å². The van der Waals surface area contributed by atoms with Gasteiger partial charge in [-0.1, -0.05) is 6.42 Å². The second-order valence-electron chi connectivity index (χ2n) is 4.54. The van der Waals surface area contributed by atoms with Gasteiger partial charge in [-0.2, -0.15) is 0 Å². The first-order valence-electron chi connectivity index (χ1n) is 5.99. The van der Waals surface area contributed by atoms with E-state index in [1.54, 1.807) is 0 Å². The Labute approximate surface area is 91.9 Å². The van der Waals surface area contributed by atoms with E-state index in [4.69, 9.17) is 0 Å². The molecule has 0 radical (unpaired) electrons. The summed E-state index contributed by atoms with van der Waals surface area (Å²) in [5, 5.41) is 3.58. The Kier molecular flexibility index (Phi) is 3.41. The maximum absolute atomic E-state index is 4.32. The van der Waals surface area contributed by atoms with Gasteiger partial charge >= 0.3 is 0 Å². The first-order valence-corrected chi connectivity index (χ1v) is 5.99. The van der Waals surface area contributed by atoms with Crippen LogP contribution in [0, 0.1) is 13.8 Å². The lowest BCUT2D eigenvalue weighted by atomic mass is 10.0. The number of hydrogen-bond acceptors (Lipinski definition) is 2. The minimum atomic E-state index is 0.723. The van der Waals surface area contributed by atoms with Crippen molar-refractivity contribution in [2.45, 2.75) is 52.1 Å². The molecule has 1 aromatic heterocycles. The fourth-order valence-electron chi connectivity index (χ4n) is 2.23. The van der Waals surface area contributed by atoms with Gasteiger partial charge in [0.1, 0.15) is 0 Å². The summed E-state index contributed by atoms with van der Waals surface area (Å²) in [4.78, 5) is 4.32. The average Bonchev–Trinajstić information content (AvgIpc) is 2.59. The standard InChI is InChI=1S/C12H21N3/c1-10-11(2)15(9-14-10)8-6-12-5-3-4-7-13-12/h9,12-13H,3-8H2,1-2H3. The monoisotopic (exact) mass is 207 g/mol. The summed E-state index contributed by atoms with van der Waals surface area (Å²) in [7, 11) is 0. The number of aromatic nitrogens is 2. The normalized spacial score (nSPS) is 21.9. The SMILES string of the molecule is Cc1ncn(CCC2CCCCN2)c1C. The van der Waals surface area contributed by atoms with Gasteiger partial charge in [0.05, 0.1) is 12.0 Å². The van der Waals surface area contributed by atoms with Crippen LogP contribution in [0.15, 0.2) is 6.33 Å². The van der Waals surface area contributed by atoms with Crippen LogP contribution in [-0.2, 0) is 6.54 Å². The first-order chi connectivity index (χ1) is 7.27. The minimum Gasteiger partial charge on any atom is -0.335 e. The predicted molar refractivity (Wildman–Crippen MR) is 62.0 cm³/mol. The molecule has 3 nitrogen and oxygen atoms in total. The maximum Gasteiger partial charge on any atom is 0.0951 e. The summed E-state index contributed by atoms with van der Waals surface area (Å²) in [6.07, 6.45) is 7.27. The van der Waals surface area contributed by atoms with Gasteiger partial charge in [-0.3, -0.25) is 0 Å². The summed E-state index contributed by atoms with van der Waals surface area (Å²) in [5.41, 5.74) is 2.47. The van der Waals surface area contributed by atoms with Crippen LogP contribution in [0.4, 0.5) is 0 Å². The van der Waals surface area contributed by atoms with Gasteiger partial charge in [-0.05, 0) is 39.7 Å². The lowest BCUT2D eigenvalue weighted by Crippen LogP contribution is -2.34. The predicted octanol–water partition coefficient (Wildman–Crippen LogP) is 2.03. The van der Waals surface area contributed by atoms with Gasteiger partial charge < -0.3 is 9.88 Å². The van der Waals surface area contributed by atoms with E-state index in [-0.39, 0.29) is 0 Å². The summed E-state index contributed by atoms with van der Waals surface area (Å²) < 4.78 is 2.27. The third-order valence-corrected chi connectivity index (χ3v) is 3.48. The molecule has 3 heteroatoms. The molecule has 1 unspecified atom stereocenters. The number of nitrogens with zero attached hydrogens (tertiary/aromatic N) is 2. The molecule has 0 aliphatic carbocycles. The average molecular weight is 207 g/mol. The van der Waals surface area contributed by atoms with Crippen molar-refractivity contribution in [2.75, 3.05) is 6.54 Å². The molecule has 1 aromatic rings. The highest BCUT2D eigenvalue weighted by molar-refractivity contribution is 5.08. The molecule has 1 N–H and O–H groups in total. The molecule has 1 aliphatic heterocycles. The van der Waals surface area contributed by atoms with Gasteiger partial charge in [0.15, 0.2) is 0 Å². The van der Waals surface area contributed by atoms with Crippen molar-refractivity contribution in [3.8, 4) is 0 Å². The van der Waals surface area contributed by atoms with Crippen molar-refractivity contribution in [1.29, 1.82) is 0 Å². The zero-order valence-corrected chi connectivity index (χ0v) is 9.79. The largest absolute Gasteiger partial charge is 0.335 e. The molecule has 1 fully saturated rings.